The molecule has 2 aromatic rings. The third kappa shape index (κ3) is 2.70. The lowest BCUT2D eigenvalue weighted by molar-refractivity contribution is 0.555. The highest BCUT2D eigenvalue weighted by Gasteiger charge is 2.15. The molecular weight excluding hydrogens is 236 g/mol. The van der Waals surface area contributed by atoms with Crippen LogP contribution in [0.2, 0.25) is 0 Å². The maximum atomic E-state index is 4.33. The van der Waals surface area contributed by atoms with Crippen LogP contribution in [0.4, 0.5) is 0 Å². The molecule has 0 aliphatic rings. The van der Waals surface area contributed by atoms with Crippen molar-refractivity contribution >= 4 is 22.7 Å². The molecule has 2 aromatic heterocycles. The fourth-order valence-electron chi connectivity index (χ4n) is 1.79. The molecule has 2 nitrogen and oxygen atoms in total. The van der Waals surface area contributed by atoms with Crippen molar-refractivity contribution in [2.75, 3.05) is 6.54 Å². The quantitative estimate of drug-likeness (QED) is 0.882. The number of rotatable bonds is 5. The summed E-state index contributed by atoms with van der Waals surface area (Å²) in [6.07, 6.45) is 1.06. The highest BCUT2D eigenvalue weighted by atomic mass is 32.1. The Morgan fingerprint density at radius 2 is 2.38 bits per heavy atom. The lowest BCUT2D eigenvalue weighted by Gasteiger charge is -2.16. The van der Waals surface area contributed by atoms with Crippen LogP contribution in [0, 0.1) is 6.92 Å². The minimum atomic E-state index is 0.409. The van der Waals surface area contributed by atoms with E-state index in [1.165, 1.54) is 10.4 Å². The summed E-state index contributed by atoms with van der Waals surface area (Å²) in [7, 11) is 0. The van der Waals surface area contributed by atoms with E-state index >= 15 is 0 Å². The number of likely N-dealkylation sites (N-methyl/N-ethyl adjacent to an activating group) is 1. The van der Waals surface area contributed by atoms with Gasteiger partial charge in [0.05, 0.1) is 11.2 Å². The van der Waals surface area contributed by atoms with Crippen LogP contribution in [0.1, 0.15) is 29.1 Å². The number of hydrogen-bond acceptors (Lipinski definition) is 4. The lowest BCUT2D eigenvalue weighted by atomic mass is 10.1. The molecule has 0 saturated heterocycles. The first-order valence-electron chi connectivity index (χ1n) is 5.45. The summed E-state index contributed by atoms with van der Waals surface area (Å²) in [5.74, 6) is 0. The Hall–Kier alpha value is -0.710. The standard InChI is InChI=1S/C12H16N2S2/c1-3-13-11(6-10-4-5-15-7-10)12-9(2)14-8-16-12/h4-5,7-8,11,13H,3,6H2,1-2H3. The molecule has 0 fully saturated rings. The zero-order valence-corrected chi connectivity index (χ0v) is 11.2. The van der Waals surface area contributed by atoms with Crippen LogP contribution in [-0.4, -0.2) is 11.5 Å². The fourth-order valence-corrected chi connectivity index (χ4v) is 3.35. The minimum absolute atomic E-state index is 0.409. The van der Waals surface area contributed by atoms with E-state index in [1.807, 2.05) is 5.51 Å². The number of nitrogens with one attached hydrogen (secondary N) is 1. The SMILES string of the molecule is CCNC(Cc1ccsc1)c1scnc1C. The average molecular weight is 252 g/mol. The van der Waals surface area contributed by atoms with Crippen molar-refractivity contribution in [3.63, 3.8) is 0 Å². The van der Waals surface area contributed by atoms with E-state index in [0.29, 0.717) is 6.04 Å². The molecular formula is C12H16N2S2. The van der Waals surface area contributed by atoms with E-state index in [2.05, 4.69) is 41.0 Å². The zero-order chi connectivity index (χ0) is 11.4. The van der Waals surface area contributed by atoms with Gasteiger partial charge in [0.15, 0.2) is 0 Å². The van der Waals surface area contributed by atoms with Gasteiger partial charge in [0.25, 0.3) is 0 Å². The Kier molecular flexibility index (Phi) is 4.09. The first kappa shape index (κ1) is 11.8. The van der Waals surface area contributed by atoms with Crippen molar-refractivity contribution in [2.24, 2.45) is 0 Å². The molecule has 0 radical (unpaired) electrons. The number of thiophene rings is 1. The van der Waals surface area contributed by atoms with Gasteiger partial charge >= 0.3 is 0 Å². The predicted octanol–water partition coefficient (Wildman–Crippen LogP) is 3.41. The highest BCUT2D eigenvalue weighted by molar-refractivity contribution is 7.09. The van der Waals surface area contributed by atoms with Gasteiger partial charge in [-0.1, -0.05) is 6.92 Å². The van der Waals surface area contributed by atoms with Gasteiger partial charge in [-0.2, -0.15) is 11.3 Å². The van der Waals surface area contributed by atoms with E-state index in [4.69, 9.17) is 0 Å². The van der Waals surface area contributed by atoms with E-state index in [1.54, 1.807) is 22.7 Å². The van der Waals surface area contributed by atoms with Gasteiger partial charge in [-0.25, -0.2) is 4.98 Å². The molecule has 0 saturated carbocycles. The normalized spacial score (nSPS) is 12.9. The second-order valence-electron chi connectivity index (χ2n) is 3.75. The fraction of sp³-hybridized carbons (Fsp3) is 0.417. The molecule has 0 aromatic carbocycles. The van der Waals surface area contributed by atoms with Gasteiger partial charge in [-0.15, -0.1) is 11.3 Å². The van der Waals surface area contributed by atoms with Crippen molar-refractivity contribution in [3.8, 4) is 0 Å². The number of aryl methyl sites for hydroxylation is 1. The largest absolute Gasteiger partial charge is 0.309 e. The molecule has 1 unspecified atom stereocenters. The molecule has 0 bridgehead atoms. The molecule has 0 amide bonds. The van der Waals surface area contributed by atoms with Crippen molar-refractivity contribution in [2.45, 2.75) is 26.3 Å². The first-order valence-corrected chi connectivity index (χ1v) is 7.28. The van der Waals surface area contributed by atoms with E-state index in [0.717, 1.165) is 18.7 Å². The maximum absolute atomic E-state index is 4.33. The van der Waals surface area contributed by atoms with Crippen LogP contribution in [0.15, 0.2) is 22.3 Å². The molecule has 0 spiro atoms. The molecule has 0 aliphatic carbocycles. The summed E-state index contributed by atoms with van der Waals surface area (Å²) < 4.78 is 0. The Morgan fingerprint density at radius 3 is 2.94 bits per heavy atom. The van der Waals surface area contributed by atoms with Crippen molar-refractivity contribution < 1.29 is 0 Å². The van der Waals surface area contributed by atoms with Gasteiger partial charge in [0.1, 0.15) is 0 Å². The third-order valence-corrected chi connectivity index (χ3v) is 4.35. The van der Waals surface area contributed by atoms with Crippen molar-refractivity contribution in [3.05, 3.63) is 38.5 Å². The summed E-state index contributed by atoms with van der Waals surface area (Å²) >= 11 is 3.51. The smallest absolute Gasteiger partial charge is 0.0798 e. The third-order valence-electron chi connectivity index (χ3n) is 2.57. The van der Waals surface area contributed by atoms with Crippen LogP contribution in [0.5, 0.6) is 0 Å². The number of aromatic nitrogens is 1. The van der Waals surface area contributed by atoms with Crippen LogP contribution in [-0.2, 0) is 6.42 Å². The second kappa shape index (κ2) is 5.57. The van der Waals surface area contributed by atoms with Gasteiger partial charge in [-0.05, 0) is 42.3 Å². The summed E-state index contributed by atoms with van der Waals surface area (Å²) in [4.78, 5) is 5.70. The number of thiazole rings is 1. The Balaban J connectivity index is 2.14. The summed E-state index contributed by atoms with van der Waals surface area (Å²) in [6.45, 7) is 5.23. The Morgan fingerprint density at radius 1 is 1.50 bits per heavy atom. The monoisotopic (exact) mass is 252 g/mol. The van der Waals surface area contributed by atoms with E-state index < -0.39 is 0 Å². The second-order valence-corrected chi connectivity index (χ2v) is 5.41. The van der Waals surface area contributed by atoms with Gasteiger partial charge in [0, 0.05) is 10.9 Å². The molecule has 0 aliphatic heterocycles. The average Bonchev–Trinajstić information content (AvgIpc) is 2.88. The number of nitrogens with zero attached hydrogens (tertiary/aromatic N) is 1. The van der Waals surface area contributed by atoms with Gasteiger partial charge < -0.3 is 5.32 Å². The van der Waals surface area contributed by atoms with Crippen molar-refractivity contribution in [1.82, 2.24) is 10.3 Å². The molecule has 16 heavy (non-hydrogen) atoms. The van der Waals surface area contributed by atoms with Crippen LogP contribution in [0.3, 0.4) is 0 Å². The molecule has 2 rings (SSSR count). The molecule has 2 heterocycles. The molecule has 86 valence electrons. The van der Waals surface area contributed by atoms with Gasteiger partial charge in [-0.3, -0.25) is 0 Å². The van der Waals surface area contributed by atoms with Crippen LogP contribution in [0.25, 0.3) is 0 Å². The Labute approximate surface area is 104 Å². The van der Waals surface area contributed by atoms with Gasteiger partial charge in [0.2, 0.25) is 0 Å². The topological polar surface area (TPSA) is 24.9 Å². The van der Waals surface area contributed by atoms with E-state index in [9.17, 15) is 0 Å². The predicted molar refractivity (Wildman–Crippen MR) is 71.3 cm³/mol. The molecule has 1 atom stereocenters. The minimum Gasteiger partial charge on any atom is -0.309 e. The Bertz CT molecular complexity index is 420. The summed E-state index contributed by atoms with van der Waals surface area (Å²) in [5, 5.41) is 7.90. The summed E-state index contributed by atoms with van der Waals surface area (Å²) in [6, 6.07) is 2.61. The van der Waals surface area contributed by atoms with Crippen molar-refractivity contribution in [1.29, 1.82) is 0 Å². The highest BCUT2D eigenvalue weighted by Crippen LogP contribution is 2.25. The molecule has 4 heteroatoms. The maximum Gasteiger partial charge on any atom is 0.0798 e. The van der Waals surface area contributed by atoms with Crippen LogP contribution >= 0.6 is 22.7 Å². The lowest BCUT2D eigenvalue weighted by Crippen LogP contribution is -2.22. The number of hydrogen-bond donors (Lipinski definition) is 1. The zero-order valence-electron chi connectivity index (χ0n) is 9.56. The summed E-state index contributed by atoms with van der Waals surface area (Å²) in [5.41, 5.74) is 4.50. The molecule has 1 N–H and O–H groups in total. The first-order chi connectivity index (χ1) is 7.81. The van der Waals surface area contributed by atoms with E-state index in [-0.39, 0.29) is 0 Å². The van der Waals surface area contributed by atoms with Crippen LogP contribution < -0.4 is 5.32 Å².